The first-order chi connectivity index (χ1) is 5.81. The molecule has 5 heteroatoms. The van der Waals surface area contributed by atoms with Crippen LogP contribution in [0.15, 0.2) is 18.2 Å². The van der Waals surface area contributed by atoms with E-state index in [0.29, 0.717) is 17.1 Å². The zero-order valence-corrected chi connectivity index (χ0v) is 6.23. The van der Waals surface area contributed by atoms with Crippen molar-refractivity contribution >= 4 is 7.32 Å². The van der Waals surface area contributed by atoms with Gasteiger partial charge in [0.2, 0.25) is 0 Å². The maximum Gasteiger partial charge on any atom is 0.785 e. The molecule has 1 aromatic rings. The molecule has 1 aromatic carbocycles. The van der Waals surface area contributed by atoms with E-state index in [1.165, 1.54) is 0 Å². The predicted octanol–water partition coefficient (Wildman–Crippen LogP) is -0.0727. The normalized spacial score (nSPS) is 13.7. The van der Waals surface area contributed by atoms with Gasteiger partial charge >= 0.3 is 7.32 Å². The molecular weight excluding hydrogens is 159 g/mol. The highest BCUT2D eigenvalue weighted by molar-refractivity contribution is 6.38. The lowest BCUT2D eigenvalue weighted by molar-refractivity contribution is 0.277. The Morgan fingerprint density at radius 1 is 1.33 bits per heavy atom. The van der Waals surface area contributed by atoms with Crippen LogP contribution in [0.1, 0.15) is 5.56 Å². The molecule has 0 spiro atoms. The number of hydrogen-bond donors (Lipinski definition) is 2. The van der Waals surface area contributed by atoms with Gasteiger partial charge < -0.3 is 19.4 Å². The van der Waals surface area contributed by atoms with E-state index in [4.69, 9.17) is 19.4 Å². The van der Waals surface area contributed by atoms with Gasteiger partial charge in [0.05, 0.1) is 6.61 Å². The smallest absolute Gasteiger partial charge is 0.498 e. The van der Waals surface area contributed by atoms with Crippen LogP contribution in [0.4, 0.5) is 0 Å². The second kappa shape index (κ2) is 2.69. The van der Waals surface area contributed by atoms with Gasteiger partial charge in [-0.2, -0.15) is 0 Å². The maximum atomic E-state index is 8.94. The molecule has 0 atom stereocenters. The van der Waals surface area contributed by atoms with Gasteiger partial charge in [-0.05, 0) is 6.07 Å². The van der Waals surface area contributed by atoms with Crippen molar-refractivity contribution in [2.45, 2.75) is 6.61 Å². The van der Waals surface area contributed by atoms with Gasteiger partial charge in [0.15, 0.2) is 5.75 Å². The molecule has 12 heavy (non-hydrogen) atoms. The van der Waals surface area contributed by atoms with Crippen molar-refractivity contribution in [3.8, 4) is 11.5 Å². The summed E-state index contributed by atoms with van der Waals surface area (Å²) in [6, 6.07) is 5.11. The van der Waals surface area contributed by atoms with Crippen LogP contribution in [0.25, 0.3) is 0 Å². The first kappa shape index (κ1) is 7.45. The van der Waals surface area contributed by atoms with Gasteiger partial charge in [-0.1, -0.05) is 12.1 Å². The van der Waals surface area contributed by atoms with Crippen LogP contribution in [0.2, 0.25) is 0 Å². The average Bonchev–Trinajstić information content (AvgIpc) is 2.44. The summed E-state index contributed by atoms with van der Waals surface area (Å²) in [7, 11) is -1.24. The molecule has 0 unspecified atom stereocenters. The van der Waals surface area contributed by atoms with Crippen molar-refractivity contribution < 1.29 is 19.4 Å². The largest absolute Gasteiger partial charge is 0.785 e. The molecule has 0 aliphatic carbocycles. The summed E-state index contributed by atoms with van der Waals surface area (Å²) >= 11 is 0. The molecule has 62 valence electrons. The molecule has 0 amide bonds. The first-order valence-corrected chi connectivity index (χ1v) is 3.55. The van der Waals surface area contributed by atoms with E-state index in [0.717, 1.165) is 0 Å². The third kappa shape index (κ3) is 1.03. The van der Waals surface area contributed by atoms with Crippen molar-refractivity contribution in [2.24, 2.45) is 0 Å². The van der Waals surface area contributed by atoms with Crippen LogP contribution in [0, 0.1) is 0 Å². The minimum Gasteiger partial charge on any atom is -0.498 e. The zero-order chi connectivity index (χ0) is 8.55. The number of rotatable bonds is 1. The van der Waals surface area contributed by atoms with Crippen molar-refractivity contribution in [1.82, 2.24) is 0 Å². The standard InChI is InChI=1S/C7H7BO4/c9-4-5-2-1-3-6-7(5)12-8(10)11-6/h1-3,9-10H,4H2. The summed E-state index contributed by atoms with van der Waals surface area (Å²) < 4.78 is 9.77. The van der Waals surface area contributed by atoms with Gasteiger partial charge in [0.1, 0.15) is 5.75 Å². The molecule has 0 bridgehead atoms. The van der Waals surface area contributed by atoms with Gasteiger partial charge in [-0.25, -0.2) is 0 Å². The minimum absolute atomic E-state index is 0.126. The topological polar surface area (TPSA) is 58.9 Å². The van der Waals surface area contributed by atoms with E-state index in [1.54, 1.807) is 18.2 Å². The molecule has 0 saturated carbocycles. The van der Waals surface area contributed by atoms with Crippen LogP contribution in [-0.2, 0) is 6.61 Å². The third-order valence-electron chi connectivity index (χ3n) is 1.68. The molecule has 2 N–H and O–H groups in total. The molecule has 1 aliphatic rings. The Morgan fingerprint density at radius 3 is 2.92 bits per heavy atom. The van der Waals surface area contributed by atoms with Crippen LogP contribution in [0.3, 0.4) is 0 Å². The van der Waals surface area contributed by atoms with Crippen LogP contribution >= 0.6 is 0 Å². The van der Waals surface area contributed by atoms with Crippen LogP contribution < -0.4 is 9.31 Å². The highest BCUT2D eigenvalue weighted by Crippen LogP contribution is 2.35. The zero-order valence-electron chi connectivity index (χ0n) is 6.23. The van der Waals surface area contributed by atoms with Gasteiger partial charge in [-0.15, -0.1) is 0 Å². The number of fused-ring (bicyclic) bond motifs is 1. The highest BCUT2D eigenvalue weighted by Gasteiger charge is 2.32. The van der Waals surface area contributed by atoms with Crippen molar-refractivity contribution in [3.63, 3.8) is 0 Å². The lowest BCUT2D eigenvalue weighted by atomic mass is 10.2. The number of aliphatic hydroxyl groups excluding tert-OH is 1. The summed E-state index contributed by atoms with van der Waals surface area (Å²) in [5, 5.41) is 17.8. The Kier molecular flexibility index (Phi) is 1.67. The maximum absolute atomic E-state index is 8.94. The minimum atomic E-state index is -1.24. The quantitative estimate of drug-likeness (QED) is 0.573. The molecular formula is C7H7BO4. The average molecular weight is 166 g/mol. The molecule has 1 heterocycles. The van der Waals surface area contributed by atoms with Gasteiger partial charge in [0, 0.05) is 5.56 Å². The summed E-state index contributed by atoms with van der Waals surface area (Å²) in [5.74, 6) is 0.890. The summed E-state index contributed by atoms with van der Waals surface area (Å²) in [6.45, 7) is -0.126. The lowest BCUT2D eigenvalue weighted by Gasteiger charge is -2.01. The molecule has 2 rings (SSSR count). The van der Waals surface area contributed by atoms with Crippen molar-refractivity contribution in [2.75, 3.05) is 0 Å². The van der Waals surface area contributed by atoms with E-state index in [2.05, 4.69) is 0 Å². The van der Waals surface area contributed by atoms with Gasteiger partial charge in [-0.3, -0.25) is 0 Å². The molecule has 0 saturated heterocycles. The van der Waals surface area contributed by atoms with E-state index < -0.39 is 7.32 Å². The Bertz CT molecular complexity index is 301. The van der Waals surface area contributed by atoms with E-state index >= 15 is 0 Å². The molecule has 0 radical (unpaired) electrons. The first-order valence-electron chi connectivity index (χ1n) is 3.55. The number of benzene rings is 1. The molecule has 4 nitrogen and oxygen atoms in total. The lowest BCUT2D eigenvalue weighted by Crippen LogP contribution is -2.23. The number of para-hydroxylation sites is 1. The summed E-state index contributed by atoms with van der Waals surface area (Å²) in [5.41, 5.74) is 0.615. The third-order valence-corrected chi connectivity index (χ3v) is 1.68. The van der Waals surface area contributed by atoms with Crippen LogP contribution in [-0.4, -0.2) is 17.5 Å². The Morgan fingerprint density at radius 2 is 2.17 bits per heavy atom. The molecule has 1 aliphatic heterocycles. The van der Waals surface area contributed by atoms with E-state index in [-0.39, 0.29) is 6.61 Å². The second-order valence-electron chi connectivity index (χ2n) is 2.45. The SMILES string of the molecule is OCc1cccc2c1OB(O)O2. The monoisotopic (exact) mass is 166 g/mol. The predicted molar refractivity (Wildman–Crippen MR) is 41.6 cm³/mol. The van der Waals surface area contributed by atoms with Crippen LogP contribution in [0.5, 0.6) is 11.5 Å². The fourth-order valence-corrected chi connectivity index (χ4v) is 1.15. The number of hydrogen-bond acceptors (Lipinski definition) is 4. The fourth-order valence-electron chi connectivity index (χ4n) is 1.15. The molecule has 0 aromatic heterocycles. The molecule has 0 fully saturated rings. The van der Waals surface area contributed by atoms with Gasteiger partial charge in [0.25, 0.3) is 0 Å². The highest BCUT2D eigenvalue weighted by atomic mass is 16.7. The summed E-state index contributed by atoms with van der Waals surface area (Å²) in [4.78, 5) is 0. The van der Waals surface area contributed by atoms with Crippen molar-refractivity contribution in [3.05, 3.63) is 23.8 Å². The fraction of sp³-hybridized carbons (Fsp3) is 0.143. The summed E-state index contributed by atoms with van der Waals surface area (Å²) in [6.07, 6.45) is 0. The second-order valence-corrected chi connectivity index (χ2v) is 2.45. The number of aliphatic hydroxyl groups is 1. The Hall–Kier alpha value is -1.20. The van der Waals surface area contributed by atoms with E-state index in [9.17, 15) is 0 Å². The Balaban J connectivity index is 2.44. The van der Waals surface area contributed by atoms with E-state index in [1.807, 2.05) is 0 Å². The van der Waals surface area contributed by atoms with Crippen molar-refractivity contribution in [1.29, 1.82) is 0 Å². The Labute approximate surface area is 69.5 Å².